The number of sulfonamides is 1. The molecule has 0 spiro atoms. The Morgan fingerprint density at radius 1 is 1.06 bits per heavy atom. The molecule has 0 aliphatic heterocycles. The van der Waals surface area contributed by atoms with E-state index in [0.29, 0.717) is 44.5 Å². The monoisotopic (exact) mass is 484 g/mol. The van der Waals surface area contributed by atoms with Gasteiger partial charge in [0.25, 0.3) is 5.56 Å². The van der Waals surface area contributed by atoms with Gasteiger partial charge in [-0.05, 0) is 50.1 Å². The van der Waals surface area contributed by atoms with Gasteiger partial charge in [0.2, 0.25) is 10.0 Å². The predicted molar refractivity (Wildman–Crippen MR) is 125 cm³/mol. The molecule has 0 unspecified atom stereocenters. The lowest BCUT2D eigenvalue weighted by Crippen LogP contribution is -2.24. The van der Waals surface area contributed by atoms with Crippen molar-refractivity contribution in [2.75, 3.05) is 0 Å². The number of aryl methyl sites for hydroxylation is 3. The number of nitrogens with zero attached hydrogens (tertiary/aromatic N) is 3. The number of benzene rings is 2. The molecule has 4 aromatic rings. The molecule has 0 aliphatic rings. The molecule has 33 heavy (non-hydrogen) atoms. The average Bonchev–Trinajstić information content (AvgIpc) is 3.12. The summed E-state index contributed by atoms with van der Waals surface area (Å²) >= 11 is 6.15. The van der Waals surface area contributed by atoms with E-state index in [2.05, 4.69) is 15.0 Å². The Hall–Kier alpha value is -3.27. The second kappa shape index (κ2) is 8.93. The highest BCUT2D eigenvalue weighted by atomic mass is 35.5. The van der Waals surface area contributed by atoms with E-state index >= 15 is 0 Å². The summed E-state index contributed by atoms with van der Waals surface area (Å²) in [7, 11) is -3.84. The summed E-state index contributed by atoms with van der Waals surface area (Å²) in [6.07, 6.45) is 0. The van der Waals surface area contributed by atoms with E-state index in [1.807, 2.05) is 0 Å². The van der Waals surface area contributed by atoms with Crippen LogP contribution in [-0.2, 0) is 16.6 Å². The Bertz CT molecular complexity index is 1490. The van der Waals surface area contributed by atoms with Crippen molar-refractivity contribution in [1.82, 2.24) is 19.7 Å². The van der Waals surface area contributed by atoms with Gasteiger partial charge in [0.05, 0.1) is 10.6 Å². The Kier molecular flexibility index (Phi) is 6.20. The second-order valence-electron chi connectivity index (χ2n) is 7.54. The molecule has 0 atom stereocenters. The summed E-state index contributed by atoms with van der Waals surface area (Å²) in [6.45, 7) is 5.18. The third kappa shape index (κ3) is 4.61. The van der Waals surface area contributed by atoms with Crippen LogP contribution in [0.4, 0.5) is 0 Å². The lowest BCUT2D eigenvalue weighted by Gasteiger charge is -2.12. The Morgan fingerprint density at radius 2 is 1.82 bits per heavy atom. The largest absolute Gasteiger partial charge is 0.359 e. The molecule has 2 heterocycles. The molecule has 1 N–H and O–H groups in total. The summed E-state index contributed by atoms with van der Waals surface area (Å²) < 4.78 is 35.1. The van der Waals surface area contributed by atoms with Crippen LogP contribution < -0.4 is 10.3 Å². The number of aromatic nitrogens is 3. The van der Waals surface area contributed by atoms with Gasteiger partial charge in [0.15, 0.2) is 5.76 Å². The molecule has 0 bridgehead atoms. The van der Waals surface area contributed by atoms with Crippen LogP contribution in [0.5, 0.6) is 0 Å². The van der Waals surface area contributed by atoms with Crippen molar-refractivity contribution < 1.29 is 12.9 Å². The molecule has 170 valence electrons. The number of nitrogens with one attached hydrogen (secondary N) is 1. The normalized spacial score (nSPS) is 11.6. The molecule has 0 aliphatic carbocycles. The van der Waals surface area contributed by atoms with Crippen LogP contribution in [0.25, 0.3) is 16.9 Å². The third-order valence-electron chi connectivity index (χ3n) is 5.19. The van der Waals surface area contributed by atoms with Gasteiger partial charge in [0, 0.05) is 23.2 Å². The van der Waals surface area contributed by atoms with Gasteiger partial charge >= 0.3 is 0 Å². The minimum atomic E-state index is -3.84. The van der Waals surface area contributed by atoms with Crippen molar-refractivity contribution in [1.29, 1.82) is 0 Å². The highest BCUT2D eigenvalue weighted by Crippen LogP contribution is 2.25. The van der Waals surface area contributed by atoms with E-state index in [-0.39, 0.29) is 17.0 Å². The maximum Gasteiger partial charge on any atom is 0.271 e. The van der Waals surface area contributed by atoms with E-state index < -0.39 is 10.0 Å². The Morgan fingerprint density at radius 3 is 2.52 bits per heavy atom. The van der Waals surface area contributed by atoms with E-state index in [1.54, 1.807) is 63.2 Å². The van der Waals surface area contributed by atoms with Gasteiger partial charge in [-0.3, -0.25) is 4.79 Å². The van der Waals surface area contributed by atoms with Gasteiger partial charge in [-0.15, -0.1) is 0 Å². The standard InChI is InChI=1S/C23H21ClN4O4S/c1-14-8-9-17(12-21(14)33(30,31)25-13-18-6-4-5-7-19(18)24)20-10-11-22(29)28(26-20)23-15(2)27-32-16(23)3/h4-12,25H,13H2,1-3H3. The first-order valence-corrected chi connectivity index (χ1v) is 11.9. The van der Waals surface area contributed by atoms with Crippen molar-refractivity contribution in [3.05, 3.63) is 92.6 Å². The highest BCUT2D eigenvalue weighted by molar-refractivity contribution is 7.89. The summed E-state index contributed by atoms with van der Waals surface area (Å²) in [4.78, 5) is 12.6. The number of rotatable bonds is 6. The fourth-order valence-electron chi connectivity index (χ4n) is 3.45. The van der Waals surface area contributed by atoms with Crippen LogP contribution in [0.3, 0.4) is 0 Å². The minimum absolute atomic E-state index is 0.0564. The molecule has 0 saturated heterocycles. The van der Waals surface area contributed by atoms with Crippen LogP contribution in [-0.4, -0.2) is 23.4 Å². The van der Waals surface area contributed by atoms with Crippen LogP contribution in [0.2, 0.25) is 5.02 Å². The summed E-state index contributed by atoms with van der Waals surface area (Å²) in [6, 6.07) is 15.0. The Balaban J connectivity index is 1.71. The molecule has 0 fully saturated rings. The average molecular weight is 485 g/mol. The lowest BCUT2D eigenvalue weighted by molar-refractivity contribution is 0.392. The number of halogens is 1. The lowest BCUT2D eigenvalue weighted by atomic mass is 10.1. The zero-order valence-electron chi connectivity index (χ0n) is 18.2. The minimum Gasteiger partial charge on any atom is -0.359 e. The van der Waals surface area contributed by atoms with Crippen molar-refractivity contribution in [2.24, 2.45) is 0 Å². The van der Waals surface area contributed by atoms with E-state index in [0.717, 1.165) is 0 Å². The van der Waals surface area contributed by atoms with Crippen LogP contribution in [0.15, 0.2) is 68.8 Å². The van der Waals surface area contributed by atoms with E-state index in [9.17, 15) is 13.2 Å². The first-order chi connectivity index (χ1) is 15.7. The zero-order chi connectivity index (χ0) is 23.8. The van der Waals surface area contributed by atoms with Crippen molar-refractivity contribution >= 4 is 21.6 Å². The number of hydrogen-bond donors (Lipinski definition) is 1. The fraction of sp³-hybridized carbons (Fsp3) is 0.174. The fourth-order valence-corrected chi connectivity index (χ4v) is 4.92. The second-order valence-corrected chi connectivity index (χ2v) is 9.68. The van der Waals surface area contributed by atoms with Crippen molar-refractivity contribution in [2.45, 2.75) is 32.2 Å². The number of hydrogen-bond acceptors (Lipinski definition) is 6. The first-order valence-electron chi connectivity index (χ1n) is 10.0. The smallest absolute Gasteiger partial charge is 0.271 e. The quantitative estimate of drug-likeness (QED) is 0.444. The predicted octanol–water partition coefficient (Wildman–Crippen LogP) is 3.94. The van der Waals surface area contributed by atoms with Gasteiger partial charge in [-0.2, -0.15) is 9.78 Å². The van der Waals surface area contributed by atoms with Gasteiger partial charge < -0.3 is 4.52 Å². The third-order valence-corrected chi connectivity index (χ3v) is 7.10. The van der Waals surface area contributed by atoms with E-state index in [1.165, 1.54) is 16.8 Å². The summed E-state index contributed by atoms with van der Waals surface area (Å²) in [5.74, 6) is 0.454. The molecular formula is C23H21ClN4O4S. The maximum absolute atomic E-state index is 13.1. The molecule has 2 aromatic heterocycles. The molecule has 0 radical (unpaired) electrons. The van der Waals surface area contributed by atoms with Crippen molar-refractivity contribution in [3.8, 4) is 16.9 Å². The molecular weight excluding hydrogens is 464 g/mol. The zero-order valence-corrected chi connectivity index (χ0v) is 19.7. The van der Waals surface area contributed by atoms with Gasteiger partial charge in [0.1, 0.15) is 11.4 Å². The van der Waals surface area contributed by atoms with Crippen LogP contribution in [0, 0.1) is 20.8 Å². The van der Waals surface area contributed by atoms with Crippen LogP contribution in [0.1, 0.15) is 22.6 Å². The first kappa shape index (κ1) is 22.9. The molecule has 0 saturated carbocycles. The molecule has 8 nitrogen and oxygen atoms in total. The molecule has 0 amide bonds. The SMILES string of the molecule is Cc1ccc(-c2ccc(=O)n(-c3c(C)noc3C)n2)cc1S(=O)(=O)NCc1ccccc1Cl. The van der Waals surface area contributed by atoms with Crippen LogP contribution >= 0.6 is 11.6 Å². The van der Waals surface area contributed by atoms with Crippen molar-refractivity contribution in [3.63, 3.8) is 0 Å². The summed E-state index contributed by atoms with van der Waals surface area (Å²) in [5.41, 5.74) is 2.85. The summed E-state index contributed by atoms with van der Waals surface area (Å²) in [5, 5.41) is 8.79. The molecule has 10 heteroatoms. The molecule has 4 rings (SSSR count). The van der Waals surface area contributed by atoms with Gasteiger partial charge in [-0.1, -0.05) is 47.1 Å². The maximum atomic E-state index is 13.1. The highest BCUT2D eigenvalue weighted by Gasteiger charge is 2.20. The van der Waals surface area contributed by atoms with E-state index in [4.69, 9.17) is 16.1 Å². The Labute approximate surface area is 195 Å². The van der Waals surface area contributed by atoms with Gasteiger partial charge in [-0.25, -0.2) is 13.1 Å². The molecule has 2 aromatic carbocycles. The topological polar surface area (TPSA) is 107 Å².